The fourth-order valence-corrected chi connectivity index (χ4v) is 2.30. The van der Waals surface area contributed by atoms with E-state index in [9.17, 15) is 9.90 Å². The van der Waals surface area contributed by atoms with Crippen molar-refractivity contribution in [2.75, 3.05) is 5.32 Å². The Labute approximate surface area is 116 Å². The van der Waals surface area contributed by atoms with Crippen molar-refractivity contribution >= 4 is 22.4 Å². The second-order valence-corrected chi connectivity index (χ2v) is 5.75. The average molecular weight is 276 g/mol. The molecular formula is C14H16N2O2S. The summed E-state index contributed by atoms with van der Waals surface area (Å²) < 4.78 is 0. The van der Waals surface area contributed by atoms with Gasteiger partial charge in [0.05, 0.1) is 11.3 Å². The van der Waals surface area contributed by atoms with Crippen LogP contribution in [-0.4, -0.2) is 16.0 Å². The highest BCUT2D eigenvalue weighted by molar-refractivity contribution is 7.13. The first-order valence-corrected chi connectivity index (χ1v) is 6.80. The number of carbonyl (C=O) groups excluding carboxylic acids is 1. The number of amides is 1. The van der Waals surface area contributed by atoms with Crippen LogP contribution in [0.1, 0.15) is 35.5 Å². The van der Waals surface area contributed by atoms with E-state index in [1.54, 1.807) is 38.1 Å². The molecule has 1 aromatic heterocycles. The van der Waals surface area contributed by atoms with Crippen molar-refractivity contribution < 1.29 is 9.90 Å². The van der Waals surface area contributed by atoms with Crippen molar-refractivity contribution in [1.29, 1.82) is 0 Å². The molecule has 0 bridgehead atoms. The number of hydrogen-bond acceptors (Lipinski definition) is 4. The molecule has 5 heteroatoms. The van der Waals surface area contributed by atoms with Crippen molar-refractivity contribution in [1.82, 2.24) is 4.98 Å². The number of thiazole rings is 1. The molecule has 19 heavy (non-hydrogen) atoms. The Morgan fingerprint density at radius 1 is 1.42 bits per heavy atom. The topological polar surface area (TPSA) is 62.2 Å². The van der Waals surface area contributed by atoms with E-state index in [2.05, 4.69) is 10.3 Å². The minimum absolute atomic E-state index is 0.222. The first kappa shape index (κ1) is 13.7. The Balaban J connectivity index is 2.20. The van der Waals surface area contributed by atoms with E-state index >= 15 is 0 Å². The zero-order valence-corrected chi connectivity index (χ0v) is 11.9. The zero-order valence-electron chi connectivity index (χ0n) is 11.1. The van der Waals surface area contributed by atoms with E-state index < -0.39 is 5.60 Å². The van der Waals surface area contributed by atoms with E-state index in [1.807, 2.05) is 12.3 Å². The molecule has 2 aromatic rings. The second-order valence-electron chi connectivity index (χ2n) is 4.89. The molecule has 100 valence electrons. The van der Waals surface area contributed by atoms with E-state index in [0.29, 0.717) is 16.3 Å². The first-order valence-electron chi connectivity index (χ1n) is 5.92. The largest absolute Gasteiger partial charge is 0.386 e. The summed E-state index contributed by atoms with van der Waals surface area (Å²) in [7, 11) is 0. The van der Waals surface area contributed by atoms with Crippen LogP contribution in [0.3, 0.4) is 0 Å². The lowest BCUT2D eigenvalue weighted by Gasteiger charge is -2.18. The molecule has 0 aliphatic rings. The van der Waals surface area contributed by atoms with Gasteiger partial charge in [0.2, 0.25) is 0 Å². The number of benzene rings is 1. The molecule has 0 saturated heterocycles. The minimum Gasteiger partial charge on any atom is -0.386 e. The van der Waals surface area contributed by atoms with Crippen LogP contribution in [-0.2, 0) is 5.60 Å². The van der Waals surface area contributed by atoms with Crippen LogP contribution in [0.2, 0.25) is 0 Å². The molecule has 0 spiro atoms. The van der Waals surface area contributed by atoms with Gasteiger partial charge in [-0.25, -0.2) is 4.98 Å². The SMILES string of the molecule is Cc1csc(NC(=O)c2cccc(C(C)(C)O)c2)n1. The zero-order chi connectivity index (χ0) is 14.0. The van der Waals surface area contributed by atoms with Gasteiger partial charge in [0.25, 0.3) is 5.91 Å². The molecule has 2 rings (SSSR count). The van der Waals surface area contributed by atoms with E-state index in [4.69, 9.17) is 0 Å². The van der Waals surface area contributed by atoms with Crippen molar-refractivity contribution in [2.45, 2.75) is 26.4 Å². The summed E-state index contributed by atoms with van der Waals surface area (Å²) in [6.45, 7) is 5.25. The molecule has 0 fully saturated rings. The van der Waals surface area contributed by atoms with Crippen LogP contribution in [0.5, 0.6) is 0 Å². The molecule has 0 aliphatic carbocycles. The number of rotatable bonds is 3. The predicted octanol–water partition coefficient (Wildman–Crippen LogP) is 2.93. The standard InChI is InChI=1S/C14H16N2O2S/c1-9-8-19-13(15-9)16-12(17)10-5-4-6-11(7-10)14(2,3)18/h4-8,18H,1-3H3,(H,15,16,17). The number of nitrogens with zero attached hydrogens (tertiary/aromatic N) is 1. The first-order chi connectivity index (χ1) is 8.86. The third-order valence-corrected chi connectivity index (χ3v) is 3.55. The van der Waals surface area contributed by atoms with E-state index in [1.165, 1.54) is 11.3 Å². The van der Waals surface area contributed by atoms with Gasteiger partial charge in [-0.1, -0.05) is 12.1 Å². The Kier molecular flexibility index (Phi) is 3.68. The Morgan fingerprint density at radius 2 is 2.16 bits per heavy atom. The van der Waals surface area contributed by atoms with Crippen LogP contribution in [0.4, 0.5) is 5.13 Å². The third kappa shape index (κ3) is 3.39. The summed E-state index contributed by atoms with van der Waals surface area (Å²) in [6, 6.07) is 6.96. The highest BCUT2D eigenvalue weighted by Crippen LogP contribution is 2.21. The molecule has 0 atom stereocenters. The number of anilines is 1. The van der Waals surface area contributed by atoms with Gasteiger partial charge in [0, 0.05) is 10.9 Å². The average Bonchev–Trinajstić information content (AvgIpc) is 2.74. The van der Waals surface area contributed by atoms with Crippen LogP contribution in [0.25, 0.3) is 0 Å². The minimum atomic E-state index is -0.964. The lowest BCUT2D eigenvalue weighted by Crippen LogP contribution is -2.18. The van der Waals surface area contributed by atoms with Gasteiger partial charge < -0.3 is 5.11 Å². The maximum absolute atomic E-state index is 12.1. The Bertz CT molecular complexity index is 599. The molecule has 1 aromatic carbocycles. The van der Waals surface area contributed by atoms with E-state index in [-0.39, 0.29) is 5.91 Å². The molecule has 0 aliphatic heterocycles. The number of carbonyl (C=O) groups is 1. The van der Waals surface area contributed by atoms with Gasteiger partial charge in [0.1, 0.15) is 0 Å². The summed E-state index contributed by atoms with van der Waals surface area (Å²) in [5.74, 6) is -0.222. The Morgan fingerprint density at radius 3 is 2.74 bits per heavy atom. The van der Waals surface area contributed by atoms with Crippen molar-refractivity contribution in [2.24, 2.45) is 0 Å². The molecule has 1 amide bonds. The van der Waals surface area contributed by atoms with Gasteiger partial charge in [-0.15, -0.1) is 11.3 Å². The molecule has 0 saturated carbocycles. The van der Waals surface area contributed by atoms with Gasteiger partial charge >= 0.3 is 0 Å². The third-order valence-electron chi connectivity index (χ3n) is 2.67. The second kappa shape index (κ2) is 5.11. The van der Waals surface area contributed by atoms with Crippen LogP contribution in [0, 0.1) is 6.92 Å². The van der Waals surface area contributed by atoms with Crippen LogP contribution >= 0.6 is 11.3 Å². The van der Waals surface area contributed by atoms with Crippen molar-refractivity contribution in [3.05, 3.63) is 46.5 Å². The number of aliphatic hydroxyl groups is 1. The quantitative estimate of drug-likeness (QED) is 0.906. The normalized spacial score (nSPS) is 11.4. The smallest absolute Gasteiger partial charge is 0.257 e. The molecule has 2 N–H and O–H groups in total. The van der Waals surface area contributed by atoms with Crippen LogP contribution < -0.4 is 5.32 Å². The fraction of sp³-hybridized carbons (Fsp3) is 0.286. The van der Waals surface area contributed by atoms with Gasteiger partial charge in [-0.05, 0) is 38.5 Å². The lowest BCUT2D eigenvalue weighted by atomic mass is 9.96. The number of aryl methyl sites for hydroxylation is 1. The summed E-state index contributed by atoms with van der Waals surface area (Å²) in [6.07, 6.45) is 0. The predicted molar refractivity (Wildman–Crippen MR) is 76.5 cm³/mol. The number of hydrogen-bond donors (Lipinski definition) is 2. The van der Waals surface area contributed by atoms with Gasteiger partial charge in [0.15, 0.2) is 5.13 Å². The molecule has 0 radical (unpaired) electrons. The maximum atomic E-state index is 12.1. The molecule has 0 unspecified atom stereocenters. The highest BCUT2D eigenvalue weighted by atomic mass is 32.1. The maximum Gasteiger partial charge on any atom is 0.257 e. The van der Waals surface area contributed by atoms with Crippen molar-refractivity contribution in [3.8, 4) is 0 Å². The Hall–Kier alpha value is -1.72. The number of aromatic nitrogens is 1. The monoisotopic (exact) mass is 276 g/mol. The lowest BCUT2D eigenvalue weighted by molar-refractivity contribution is 0.0785. The number of nitrogens with one attached hydrogen (secondary N) is 1. The van der Waals surface area contributed by atoms with Gasteiger partial charge in [-0.3, -0.25) is 10.1 Å². The summed E-state index contributed by atoms with van der Waals surface area (Å²) in [5, 5.41) is 15.1. The summed E-state index contributed by atoms with van der Waals surface area (Å²) in [4.78, 5) is 16.3. The summed E-state index contributed by atoms with van der Waals surface area (Å²) >= 11 is 1.39. The molecule has 1 heterocycles. The molecule has 4 nitrogen and oxygen atoms in total. The van der Waals surface area contributed by atoms with E-state index in [0.717, 1.165) is 5.69 Å². The summed E-state index contributed by atoms with van der Waals surface area (Å²) in [5.41, 5.74) is 1.13. The molecular weight excluding hydrogens is 260 g/mol. The van der Waals surface area contributed by atoms with Crippen molar-refractivity contribution in [3.63, 3.8) is 0 Å². The fourth-order valence-electron chi connectivity index (χ4n) is 1.62. The van der Waals surface area contributed by atoms with Gasteiger partial charge in [-0.2, -0.15) is 0 Å². The highest BCUT2D eigenvalue weighted by Gasteiger charge is 2.17. The van der Waals surface area contributed by atoms with Crippen LogP contribution in [0.15, 0.2) is 29.6 Å².